The molecule has 2 heterocycles. The molecule has 0 aliphatic carbocycles. The first-order chi connectivity index (χ1) is 15.7. The van der Waals surface area contributed by atoms with Gasteiger partial charge in [0, 0.05) is 24.3 Å². The van der Waals surface area contributed by atoms with Crippen LogP contribution in [0.5, 0.6) is 0 Å². The van der Waals surface area contributed by atoms with E-state index in [0.29, 0.717) is 0 Å². The molecule has 0 aliphatic rings. The van der Waals surface area contributed by atoms with Crippen LogP contribution in [0.2, 0.25) is 0 Å². The summed E-state index contributed by atoms with van der Waals surface area (Å²) in [6, 6.07) is 30.0. The lowest BCUT2D eigenvalue weighted by atomic mass is 10.0. The molecule has 0 aliphatic heterocycles. The molecule has 2 nitrogen and oxygen atoms in total. The molecule has 0 amide bonds. The van der Waals surface area contributed by atoms with E-state index in [4.69, 9.17) is 0 Å². The van der Waals surface area contributed by atoms with Gasteiger partial charge in [-0.05, 0) is 34.4 Å². The quantitative estimate of drug-likeness (QED) is 0.320. The largest absolute Gasteiger partial charge is 0.212 e. The van der Waals surface area contributed by atoms with Crippen molar-refractivity contribution in [1.82, 2.24) is 0 Å². The molecular weight excluding hydrogens is 388 g/mol. The van der Waals surface area contributed by atoms with Crippen LogP contribution in [-0.2, 0) is 14.1 Å². The van der Waals surface area contributed by atoms with E-state index in [2.05, 4.69) is 145 Å². The molecule has 0 N–H and O–H groups in total. The fourth-order valence-electron chi connectivity index (χ4n) is 4.16. The molecule has 5 rings (SSSR count). The molecule has 0 radical (unpaired) electrons. The zero-order valence-corrected chi connectivity index (χ0v) is 18.4. The van der Waals surface area contributed by atoms with Gasteiger partial charge in [0.25, 0.3) is 0 Å². The number of pyridine rings is 2. The predicted molar refractivity (Wildman–Crippen MR) is 135 cm³/mol. The Morgan fingerprint density at radius 1 is 0.469 bits per heavy atom. The molecule has 2 aromatic heterocycles. The summed E-state index contributed by atoms with van der Waals surface area (Å²) in [6.07, 6.45) is 13.0. The van der Waals surface area contributed by atoms with Crippen LogP contribution >= 0.6 is 0 Å². The Balaban J connectivity index is 1.38. The number of fused-ring (bicyclic) bond motifs is 2. The molecule has 5 aromatic rings. The molecule has 0 saturated heterocycles. The monoisotopic (exact) mass is 414 g/mol. The average Bonchev–Trinajstić information content (AvgIpc) is 2.84. The summed E-state index contributed by atoms with van der Waals surface area (Å²) in [5, 5.41) is 2.52. The van der Waals surface area contributed by atoms with Crippen molar-refractivity contribution in [2.75, 3.05) is 0 Å². The Kier molecular flexibility index (Phi) is 5.35. The Morgan fingerprint density at radius 2 is 0.875 bits per heavy atom. The first kappa shape index (κ1) is 19.9. The lowest BCUT2D eigenvalue weighted by molar-refractivity contribution is -0.645. The van der Waals surface area contributed by atoms with E-state index in [1.165, 1.54) is 44.1 Å². The number of aromatic nitrogens is 2. The Hall–Kier alpha value is -4.04. The van der Waals surface area contributed by atoms with Crippen molar-refractivity contribution in [2.24, 2.45) is 14.1 Å². The molecular formula is C30H26N2+2. The second-order valence-corrected chi connectivity index (χ2v) is 8.13. The summed E-state index contributed by atoms with van der Waals surface area (Å²) in [4.78, 5) is 0. The van der Waals surface area contributed by atoms with Crippen LogP contribution in [0.3, 0.4) is 0 Å². The molecule has 0 fully saturated rings. The van der Waals surface area contributed by atoms with Crippen molar-refractivity contribution < 1.29 is 9.13 Å². The van der Waals surface area contributed by atoms with Crippen LogP contribution in [0, 0.1) is 0 Å². The highest BCUT2D eigenvalue weighted by molar-refractivity contribution is 5.90. The average molecular weight is 415 g/mol. The summed E-state index contributed by atoms with van der Waals surface area (Å²) in [5.74, 6) is 0. The standard InChI is InChI=1S/C30H26N2/c1-31-21-19-25(27-7-3-5-9-29(27)31)17-15-23-11-13-24(14-12-23)16-18-26-20-22-32(2)30-10-6-4-8-28(26)30/h3-22H,1-2H3/q+2/b17-15+,18-16+. The van der Waals surface area contributed by atoms with E-state index < -0.39 is 0 Å². The zero-order chi connectivity index (χ0) is 21.9. The lowest BCUT2D eigenvalue weighted by Crippen LogP contribution is -2.28. The van der Waals surface area contributed by atoms with Crippen molar-refractivity contribution in [3.8, 4) is 0 Å². The molecule has 3 aromatic carbocycles. The molecule has 0 saturated carbocycles. The van der Waals surface area contributed by atoms with Gasteiger partial charge in [-0.2, -0.15) is 0 Å². The van der Waals surface area contributed by atoms with E-state index in [1.807, 2.05) is 0 Å². The van der Waals surface area contributed by atoms with Crippen LogP contribution in [0.1, 0.15) is 22.3 Å². The molecule has 154 valence electrons. The van der Waals surface area contributed by atoms with E-state index in [0.717, 1.165) is 0 Å². The topological polar surface area (TPSA) is 7.76 Å². The van der Waals surface area contributed by atoms with Gasteiger partial charge >= 0.3 is 0 Å². The van der Waals surface area contributed by atoms with Crippen LogP contribution < -0.4 is 9.13 Å². The lowest BCUT2D eigenvalue weighted by Gasteiger charge is -2.02. The summed E-state index contributed by atoms with van der Waals surface area (Å²) in [7, 11) is 4.17. The summed E-state index contributed by atoms with van der Waals surface area (Å²) in [5.41, 5.74) is 7.31. The number of para-hydroxylation sites is 2. The van der Waals surface area contributed by atoms with Crippen molar-refractivity contribution in [3.63, 3.8) is 0 Å². The highest BCUT2D eigenvalue weighted by atomic mass is 14.9. The van der Waals surface area contributed by atoms with E-state index in [9.17, 15) is 0 Å². The molecule has 0 atom stereocenters. The van der Waals surface area contributed by atoms with Gasteiger partial charge in [-0.25, -0.2) is 9.13 Å². The number of rotatable bonds is 4. The molecule has 0 unspecified atom stereocenters. The number of nitrogens with zero attached hydrogens (tertiary/aromatic N) is 2. The normalized spacial score (nSPS) is 11.8. The molecule has 0 bridgehead atoms. The van der Waals surface area contributed by atoms with E-state index >= 15 is 0 Å². The van der Waals surface area contributed by atoms with Crippen LogP contribution in [0.25, 0.3) is 46.1 Å². The maximum atomic E-state index is 2.20. The van der Waals surface area contributed by atoms with Gasteiger partial charge in [-0.3, -0.25) is 0 Å². The zero-order valence-electron chi connectivity index (χ0n) is 18.4. The predicted octanol–water partition coefficient (Wildman–Crippen LogP) is 5.98. The van der Waals surface area contributed by atoms with Crippen molar-refractivity contribution in [3.05, 3.63) is 120 Å². The maximum absolute atomic E-state index is 2.20. The fourth-order valence-corrected chi connectivity index (χ4v) is 4.16. The van der Waals surface area contributed by atoms with Crippen LogP contribution in [0.4, 0.5) is 0 Å². The summed E-state index contributed by atoms with van der Waals surface area (Å²) in [6.45, 7) is 0. The fraction of sp³-hybridized carbons (Fsp3) is 0.0667. The first-order valence-corrected chi connectivity index (χ1v) is 10.9. The van der Waals surface area contributed by atoms with Crippen molar-refractivity contribution in [1.29, 1.82) is 0 Å². The molecule has 0 spiro atoms. The minimum absolute atomic E-state index is 1.19. The summed E-state index contributed by atoms with van der Waals surface area (Å²) < 4.78 is 4.31. The number of aryl methyl sites for hydroxylation is 2. The van der Waals surface area contributed by atoms with Gasteiger partial charge in [0.15, 0.2) is 12.4 Å². The van der Waals surface area contributed by atoms with Gasteiger partial charge in [-0.15, -0.1) is 0 Å². The maximum Gasteiger partial charge on any atom is 0.212 e. The third-order valence-corrected chi connectivity index (χ3v) is 5.99. The molecule has 32 heavy (non-hydrogen) atoms. The third kappa shape index (κ3) is 3.95. The highest BCUT2D eigenvalue weighted by Crippen LogP contribution is 2.20. The van der Waals surface area contributed by atoms with Gasteiger partial charge in [0.2, 0.25) is 11.0 Å². The minimum atomic E-state index is 1.19. The highest BCUT2D eigenvalue weighted by Gasteiger charge is 2.07. The third-order valence-electron chi connectivity index (χ3n) is 5.99. The van der Waals surface area contributed by atoms with Gasteiger partial charge in [-0.1, -0.05) is 72.8 Å². The minimum Gasteiger partial charge on any atom is -0.201 e. The van der Waals surface area contributed by atoms with E-state index in [-0.39, 0.29) is 0 Å². The van der Waals surface area contributed by atoms with Crippen molar-refractivity contribution >= 4 is 46.1 Å². The second kappa shape index (κ2) is 8.60. The van der Waals surface area contributed by atoms with Gasteiger partial charge in [0.1, 0.15) is 14.1 Å². The molecule has 2 heteroatoms. The van der Waals surface area contributed by atoms with Gasteiger partial charge in [0.05, 0.1) is 10.8 Å². The second-order valence-electron chi connectivity index (χ2n) is 8.13. The summed E-state index contributed by atoms with van der Waals surface area (Å²) >= 11 is 0. The van der Waals surface area contributed by atoms with E-state index in [1.54, 1.807) is 0 Å². The number of hydrogen-bond donors (Lipinski definition) is 0. The van der Waals surface area contributed by atoms with Crippen molar-refractivity contribution in [2.45, 2.75) is 0 Å². The Bertz CT molecular complexity index is 1360. The smallest absolute Gasteiger partial charge is 0.201 e. The SMILES string of the molecule is C[n+]1ccc(/C=C/c2ccc(/C=C/c3cc[n+](C)c4ccccc34)cc2)c2ccccc21. The number of benzene rings is 3. The van der Waals surface area contributed by atoms with Crippen LogP contribution in [0.15, 0.2) is 97.3 Å². The number of hydrogen-bond acceptors (Lipinski definition) is 0. The van der Waals surface area contributed by atoms with Crippen LogP contribution in [-0.4, -0.2) is 0 Å². The Morgan fingerprint density at radius 3 is 1.31 bits per heavy atom. The van der Waals surface area contributed by atoms with Gasteiger partial charge < -0.3 is 0 Å². The Labute approximate surface area is 189 Å². The first-order valence-electron chi connectivity index (χ1n) is 10.9.